The molecule has 31 heavy (non-hydrogen) atoms. The van der Waals surface area contributed by atoms with Gasteiger partial charge in [0.15, 0.2) is 0 Å². The molecule has 6 nitrogen and oxygen atoms in total. The van der Waals surface area contributed by atoms with Crippen LogP contribution in [0.5, 0.6) is 0 Å². The van der Waals surface area contributed by atoms with Gasteiger partial charge < -0.3 is 4.90 Å². The van der Waals surface area contributed by atoms with Crippen LogP contribution in [-0.4, -0.2) is 26.9 Å². The van der Waals surface area contributed by atoms with E-state index in [2.05, 4.69) is 4.98 Å². The van der Waals surface area contributed by atoms with Gasteiger partial charge in [-0.3, -0.25) is 19.1 Å². The highest BCUT2D eigenvalue weighted by atomic mass is 35.5. The summed E-state index contributed by atoms with van der Waals surface area (Å²) in [5.74, 6) is 0.0542. The quantitative estimate of drug-likeness (QED) is 0.645. The van der Waals surface area contributed by atoms with Crippen LogP contribution in [0.2, 0.25) is 5.02 Å². The van der Waals surface area contributed by atoms with E-state index < -0.39 is 0 Å². The molecule has 0 saturated heterocycles. The maximum Gasteiger partial charge on any atom is 0.329 e. The second-order valence-electron chi connectivity index (χ2n) is 8.47. The predicted molar refractivity (Wildman–Crippen MR) is 123 cm³/mol. The van der Waals surface area contributed by atoms with Crippen LogP contribution >= 0.6 is 22.9 Å². The van der Waals surface area contributed by atoms with Crippen molar-refractivity contribution < 1.29 is 4.79 Å². The molecule has 0 bridgehead atoms. The van der Waals surface area contributed by atoms with Gasteiger partial charge in [-0.2, -0.15) is 0 Å². The van der Waals surface area contributed by atoms with Crippen molar-refractivity contribution >= 4 is 39.1 Å². The SMILES string of the molecule is O=C(Cc1ccc(Cl)cc1)N1CCc2c(sc3[nH]c(=O)n(C4CCCCC4)c(=O)c23)C1. The van der Waals surface area contributed by atoms with Gasteiger partial charge in [-0.15, -0.1) is 11.3 Å². The molecule has 1 aliphatic carbocycles. The third-order valence-corrected chi connectivity index (χ3v) is 7.87. The van der Waals surface area contributed by atoms with Crippen molar-refractivity contribution in [1.82, 2.24) is 14.5 Å². The fourth-order valence-electron chi connectivity index (χ4n) is 4.86. The van der Waals surface area contributed by atoms with Gasteiger partial charge in [-0.05, 0) is 42.5 Å². The highest BCUT2D eigenvalue weighted by molar-refractivity contribution is 7.18. The Labute approximate surface area is 188 Å². The molecule has 8 heteroatoms. The number of hydrogen-bond donors (Lipinski definition) is 1. The summed E-state index contributed by atoms with van der Waals surface area (Å²) in [4.78, 5) is 45.3. The fraction of sp³-hybridized carbons (Fsp3) is 0.435. The van der Waals surface area contributed by atoms with Crippen molar-refractivity contribution in [1.29, 1.82) is 0 Å². The number of amides is 1. The smallest absolute Gasteiger partial charge is 0.329 e. The number of benzene rings is 1. The molecule has 1 saturated carbocycles. The van der Waals surface area contributed by atoms with Gasteiger partial charge in [0.05, 0.1) is 18.4 Å². The maximum absolute atomic E-state index is 13.3. The lowest BCUT2D eigenvalue weighted by Gasteiger charge is -2.27. The first kappa shape index (κ1) is 20.5. The van der Waals surface area contributed by atoms with E-state index in [4.69, 9.17) is 11.6 Å². The predicted octanol–water partition coefficient (Wildman–Crippen LogP) is 4.04. The standard InChI is InChI=1S/C23H24ClN3O3S/c24-15-8-6-14(7-9-15)12-19(28)26-11-10-17-18(13-26)31-21-20(17)22(29)27(23(30)25-21)16-4-2-1-3-5-16/h6-9,16H,1-5,10-13H2,(H,25,30). The summed E-state index contributed by atoms with van der Waals surface area (Å²) >= 11 is 7.36. The average Bonchev–Trinajstić information content (AvgIpc) is 3.13. The lowest BCUT2D eigenvalue weighted by molar-refractivity contribution is -0.131. The Hall–Kier alpha value is -2.38. The number of aromatic amines is 1. The molecule has 1 aliphatic heterocycles. The third kappa shape index (κ3) is 3.85. The van der Waals surface area contributed by atoms with Crippen LogP contribution in [0, 0.1) is 0 Å². The Balaban J connectivity index is 1.43. The monoisotopic (exact) mass is 457 g/mol. The van der Waals surface area contributed by atoms with Crippen molar-refractivity contribution in [3.05, 3.63) is 66.1 Å². The lowest BCUT2D eigenvalue weighted by atomic mass is 9.95. The molecule has 0 radical (unpaired) electrons. The van der Waals surface area contributed by atoms with Gasteiger partial charge in [0, 0.05) is 22.5 Å². The summed E-state index contributed by atoms with van der Waals surface area (Å²) in [6.07, 6.45) is 6.00. The second-order valence-corrected chi connectivity index (χ2v) is 10.0. The summed E-state index contributed by atoms with van der Waals surface area (Å²) in [5, 5.41) is 1.30. The largest absolute Gasteiger partial charge is 0.337 e. The van der Waals surface area contributed by atoms with Crippen LogP contribution in [0.25, 0.3) is 10.2 Å². The Morgan fingerprint density at radius 3 is 2.61 bits per heavy atom. The number of nitrogens with zero attached hydrogens (tertiary/aromatic N) is 2. The zero-order valence-electron chi connectivity index (χ0n) is 17.2. The van der Waals surface area contributed by atoms with E-state index in [9.17, 15) is 14.4 Å². The number of carbonyl (C=O) groups excluding carboxylic acids is 1. The summed E-state index contributed by atoms with van der Waals surface area (Å²) in [6.45, 7) is 1.05. The zero-order chi connectivity index (χ0) is 21.5. The Kier molecular flexibility index (Phi) is 5.48. The highest BCUT2D eigenvalue weighted by Gasteiger charge is 2.28. The molecule has 2 aliphatic rings. The molecule has 1 aromatic carbocycles. The number of rotatable bonds is 3. The summed E-state index contributed by atoms with van der Waals surface area (Å²) in [6, 6.07) is 7.31. The second kappa shape index (κ2) is 8.28. The summed E-state index contributed by atoms with van der Waals surface area (Å²) in [7, 11) is 0. The van der Waals surface area contributed by atoms with Crippen molar-refractivity contribution in [2.75, 3.05) is 6.54 Å². The number of aromatic nitrogens is 2. The zero-order valence-corrected chi connectivity index (χ0v) is 18.7. The van der Waals surface area contributed by atoms with Gasteiger partial charge in [0.2, 0.25) is 5.91 Å². The Morgan fingerprint density at radius 2 is 1.87 bits per heavy atom. The molecule has 1 N–H and O–H groups in total. The number of halogens is 1. The molecule has 0 spiro atoms. The van der Waals surface area contributed by atoms with Crippen molar-refractivity contribution in [2.45, 2.75) is 57.5 Å². The maximum atomic E-state index is 13.3. The molecule has 3 aromatic rings. The van der Waals surface area contributed by atoms with E-state index in [-0.39, 0.29) is 23.2 Å². The number of fused-ring (bicyclic) bond motifs is 3. The lowest BCUT2D eigenvalue weighted by Crippen LogP contribution is -2.39. The first-order chi connectivity index (χ1) is 15.0. The van der Waals surface area contributed by atoms with Gasteiger partial charge in [0.25, 0.3) is 5.56 Å². The van der Waals surface area contributed by atoms with Crippen LogP contribution in [0.4, 0.5) is 0 Å². The van der Waals surface area contributed by atoms with Crippen LogP contribution in [0.1, 0.15) is 54.1 Å². The summed E-state index contributed by atoms with van der Waals surface area (Å²) < 4.78 is 1.45. The van der Waals surface area contributed by atoms with Crippen LogP contribution < -0.4 is 11.2 Å². The van der Waals surface area contributed by atoms with Gasteiger partial charge >= 0.3 is 5.69 Å². The summed E-state index contributed by atoms with van der Waals surface area (Å²) in [5.41, 5.74) is 1.46. The highest BCUT2D eigenvalue weighted by Crippen LogP contribution is 2.33. The van der Waals surface area contributed by atoms with Gasteiger partial charge in [-0.1, -0.05) is 43.0 Å². The molecule has 3 heterocycles. The van der Waals surface area contributed by atoms with Gasteiger partial charge in [0.1, 0.15) is 4.83 Å². The van der Waals surface area contributed by atoms with E-state index in [0.717, 1.165) is 41.7 Å². The molecule has 2 aromatic heterocycles. The van der Waals surface area contributed by atoms with E-state index in [1.165, 1.54) is 22.3 Å². The number of nitrogens with one attached hydrogen (secondary N) is 1. The van der Waals surface area contributed by atoms with E-state index in [1.807, 2.05) is 17.0 Å². The first-order valence-electron chi connectivity index (χ1n) is 10.8. The molecule has 1 fully saturated rings. The van der Waals surface area contributed by atoms with E-state index >= 15 is 0 Å². The average molecular weight is 458 g/mol. The number of hydrogen-bond acceptors (Lipinski definition) is 4. The minimum absolute atomic E-state index is 0.00834. The minimum Gasteiger partial charge on any atom is -0.337 e. The van der Waals surface area contributed by atoms with Crippen molar-refractivity contribution in [3.63, 3.8) is 0 Å². The topological polar surface area (TPSA) is 75.2 Å². The van der Waals surface area contributed by atoms with E-state index in [0.29, 0.717) is 41.2 Å². The first-order valence-corrected chi connectivity index (χ1v) is 12.0. The number of thiophene rings is 1. The van der Waals surface area contributed by atoms with Crippen LogP contribution in [0.3, 0.4) is 0 Å². The fourth-order valence-corrected chi connectivity index (χ4v) is 6.23. The number of H-pyrrole nitrogens is 1. The molecule has 0 atom stereocenters. The molecular formula is C23H24ClN3O3S. The molecule has 162 valence electrons. The van der Waals surface area contributed by atoms with Crippen LogP contribution in [-0.2, 0) is 24.2 Å². The molecule has 1 amide bonds. The molecule has 0 unspecified atom stereocenters. The molecular weight excluding hydrogens is 434 g/mol. The molecule has 5 rings (SSSR count). The van der Waals surface area contributed by atoms with Crippen molar-refractivity contribution in [3.8, 4) is 0 Å². The normalized spacial score (nSPS) is 17.1. The van der Waals surface area contributed by atoms with Crippen molar-refractivity contribution in [2.24, 2.45) is 0 Å². The number of carbonyl (C=O) groups is 1. The third-order valence-electron chi connectivity index (χ3n) is 6.49. The Bertz CT molecular complexity index is 1250. The van der Waals surface area contributed by atoms with Crippen LogP contribution in [0.15, 0.2) is 33.9 Å². The minimum atomic E-state index is -0.307. The van der Waals surface area contributed by atoms with E-state index in [1.54, 1.807) is 12.1 Å². The van der Waals surface area contributed by atoms with Gasteiger partial charge in [-0.25, -0.2) is 4.79 Å². The Morgan fingerprint density at radius 1 is 1.13 bits per heavy atom.